The van der Waals surface area contributed by atoms with E-state index in [9.17, 15) is 4.89 Å². The molecule has 1 heterocycles. The Labute approximate surface area is 87.2 Å². The van der Waals surface area contributed by atoms with E-state index < -0.39 is 6.26 Å². The molecular formula is C9H19O2PS. The van der Waals surface area contributed by atoms with E-state index in [1.165, 1.54) is 0 Å². The lowest BCUT2D eigenvalue weighted by molar-refractivity contribution is 0.0871. The van der Waals surface area contributed by atoms with Crippen molar-refractivity contribution in [2.75, 3.05) is 19.4 Å². The van der Waals surface area contributed by atoms with E-state index in [1.807, 2.05) is 0 Å². The molecule has 0 spiro atoms. The number of hydrogen-bond donors (Lipinski definition) is 1. The lowest BCUT2D eigenvalue weighted by Crippen LogP contribution is -2.16. The molecule has 1 unspecified atom stereocenters. The van der Waals surface area contributed by atoms with E-state index >= 15 is 0 Å². The van der Waals surface area contributed by atoms with Gasteiger partial charge >= 0.3 is 0 Å². The fraction of sp³-hybridized carbons (Fsp3) is 1.00. The van der Waals surface area contributed by atoms with Crippen LogP contribution in [0, 0.1) is 5.92 Å². The maximum Gasteiger partial charge on any atom is 0.0608 e. The first-order valence-electron chi connectivity index (χ1n) is 5.37. The van der Waals surface area contributed by atoms with Crippen molar-refractivity contribution in [1.29, 1.82) is 0 Å². The summed E-state index contributed by atoms with van der Waals surface area (Å²) < 4.78 is 13.0. The van der Waals surface area contributed by atoms with Crippen LogP contribution in [0.15, 0.2) is 0 Å². The van der Waals surface area contributed by atoms with E-state index in [2.05, 4.69) is 6.92 Å². The van der Waals surface area contributed by atoms with Crippen molar-refractivity contribution in [2.24, 2.45) is 5.92 Å². The maximum atomic E-state index is 9.53. The quantitative estimate of drug-likeness (QED) is 0.742. The predicted molar refractivity (Wildman–Crippen MR) is 60.0 cm³/mol. The normalized spacial score (nSPS) is 39.9. The zero-order valence-electron chi connectivity index (χ0n) is 9.27. The molecule has 4 atom stereocenters. The minimum atomic E-state index is -2.08. The van der Waals surface area contributed by atoms with Crippen LogP contribution in [0.2, 0.25) is 0 Å². The molecule has 1 fully saturated rings. The van der Waals surface area contributed by atoms with Gasteiger partial charge in [-0.1, -0.05) is 25.2 Å². The first-order valence-corrected chi connectivity index (χ1v) is 8.18. The molecule has 0 aromatic heterocycles. The number of hydrogen-bond acceptors (Lipinski definition) is 2. The van der Waals surface area contributed by atoms with Crippen molar-refractivity contribution in [2.45, 2.75) is 32.3 Å². The van der Waals surface area contributed by atoms with Crippen molar-refractivity contribution < 1.29 is 11.0 Å². The third kappa shape index (κ3) is 4.07. The topological polar surface area (TPSA) is 29.5 Å². The molecule has 0 aromatic rings. The molecule has 0 aromatic carbocycles. The smallest absolute Gasteiger partial charge is 0.0608 e. The van der Waals surface area contributed by atoms with Gasteiger partial charge in [-0.05, 0) is 25.4 Å². The highest BCUT2D eigenvalue weighted by molar-refractivity contribution is 8.11. The van der Waals surface area contributed by atoms with Crippen LogP contribution in [0.4, 0.5) is 0 Å². The van der Waals surface area contributed by atoms with Gasteiger partial charge in [0.05, 0.1) is 13.7 Å². The van der Waals surface area contributed by atoms with E-state index in [0.29, 0.717) is 12.1 Å². The van der Waals surface area contributed by atoms with Gasteiger partial charge in [-0.25, -0.2) is 0 Å². The van der Waals surface area contributed by atoms with Crippen LogP contribution in [0.25, 0.3) is 0 Å². The van der Waals surface area contributed by atoms with Gasteiger partial charge in [0, 0.05) is 12.7 Å². The third-order valence-corrected chi connectivity index (χ3v) is 4.18. The van der Waals surface area contributed by atoms with Gasteiger partial charge < -0.3 is 9.63 Å². The monoisotopic (exact) mass is 224 g/mol. The first-order chi connectivity index (χ1) is 6.42. The molecule has 1 saturated heterocycles. The Hall–Kier alpha value is 0.570. The minimum Gasteiger partial charge on any atom is -0.378 e. The highest BCUT2D eigenvalue weighted by Gasteiger charge is 2.27. The summed E-state index contributed by atoms with van der Waals surface area (Å²) in [6.45, 7) is 3.51. The summed E-state index contributed by atoms with van der Waals surface area (Å²) in [5.41, 5.74) is 0. The molecule has 0 bridgehead atoms. The van der Waals surface area contributed by atoms with Crippen LogP contribution < -0.4 is 0 Å². The van der Waals surface area contributed by atoms with Gasteiger partial charge in [0.15, 0.2) is 0 Å². The van der Waals surface area contributed by atoms with Crippen molar-refractivity contribution in [3.63, 3.8) is 0 Å². The molecule has 78 valence electrons. The van der Waals surface area contributed by atoms with Crippen molar-refractivity contribution in [1.82, 2.24) is 0 Å². The van der Waals surface area contributed by atoms with Crippen LogP contribution in [-0.2, 0) is 16.5 Å². The van der Waals surface area contributed by atoms with Gasteiger partial charge in [0.25, 0.3) is 0 Å². The van der Waals surface area contributed by atoms with E-state index in [4.69, 9.17) is 17.9 Å². The standard InChI is InChI=1S/C9H19O2PS/c1-3-8-4-6-11-9(8)5-7-12(2,10)13/h8-9H,3-7H2,1-2H3,(H,10,13)/t8-,9-,12?/m1/s1/i6T/t6-,8+,9+,12?/m0. The lowest BCUT2D eigenvalue weighted by Gasteiger charge is -2.18. The third-order valence-electron chi connectivity index (χ3n) is 2.55. The molecule has 0 amide bonds. The molecule has 1 rings (SSSR count). The molecule has 0 aliphatic carbocycles. The second-order valence-corrected chi connectivity index (χ2v) is 8.72. The van der Waals surface area contributed by atoms with Crippen LogP contribution >= 0.6 is 6.26 Å². The first kappa shape index (κ1) is 10.1. The van der Waals surface area contributed by atoms with Crippen molar-refractivity contribution in [3.05, 3.63) is 0 Å². The van der Waals surface area contributed by atoms with Gasteiger partial charge in [-0.2, -0.15) is 0 Å². The van der Waals surface area contributed by atoms with Crippen LogP contribution in [0.1, 0.15) is 27.6 Å². The summed E-state index contributed by atoms with van der Waals surface area (Å²) in [6.07, 6.45) is 1.45. The molecule has 0 saturated carbocycles. The zero-order chi connectivity index (χ0) is 10.8. The lowest BCUT2D eigenvalue weighted by atomic mass is 9.97. The Kier molecular flexibility index (Phi) is 3.79. The highest BCUT2D eigenvalue weighted by Crippen LogP contribution is 2.39. The summed E-state index contributed by atoms with van der Waals surface area (Å²) in [7, 11) is 0. The van der Waals surface area contributed by atoms with E-state index in [-0.39, 0.29) is 12.7 Å². The summed E-state index contributed by atoms with van der Waals surface area (Å²) in [5.74, 6) is 0.485. The van der Waals surface area contributed by atoms with Gasteiger partial charge in [-0.15, -0.1) is 0 Å². The Morgan fingerprint density at radius 2 is 2.46 bits per heavy atom. The summed E-state index contributed by atoms with van der Waals surface area (Å²) >= 11 is 4.99. The summed E-state index contributed by atoms with van der Waals surface area (Å²) in [5, 5.41) is 0. The molecule has 1 aliphatic rings. The second kappa shape index (κ2) is 4.88. The fourth-order valence-electron chi connectivity index (χ4n) is 1.67. The Morgan fingerprint density at radius 1 is 1.77 bits per heavy atom. The molecule has 1 N–H and O–H groups in total. The average molecular weight is 224 g/mol. The average Bonchev–Trinajstić information content (AvgIpc) is 2.41. The van der Waals surface area contributed by atoms with Crippen LogP contribution in [-0.4, -0.2) is 30.4 Å². The largest absolute Gasteiger partial charge is 0.378 e. The predicted octanol–water partition coefficient (Wildman–Crippen LogP) is 2.21. The van der Waals surface area contributed by atoms with Gasteiger partial charge in [0.1, 0.15) is 0 Å². The Morgan fingerprint density at radius 3 is 3.00 bits per heavy atom. The maximum absolute atomic E-state index is 9.53. The fourth-order valence-corrected chi connectivity index (χ4v) is 2.72. The number of rotatable bonds is 4. The summed E-state index contributed by atoms with van der Waals surface area (Å²) in [4.78, 5) is 9.53. The molecular weight excluding hydrogens is 203 g/mol. The van der Waals surface area contributed by atoms with Crippen LogP contribution in [0.5, 0.6) is 0 Å². The van der Waals surface area contributed by atoms with Crippen LogP contribution in [0.3, 0.4) is 0 Å². The van der Waals surface area contributed by atoms with Crippen molar-refractivity contribution >= 4 is 18.1 Å². The van der Waals surface area contributed by atoms with E-state index in [1.54, 1.807) is 6.66 Å². The van der Waals surface area contributed by atoms with Crippen molar-refractivity contribution in [3.8, 4) is 0 Å². The SMILES string of the molecule is [3H][C@H]1C[C@@H](CC)[C@@H](CCP(C)(O)=S)O1. The number of ether oxygens (including phenoxy) is 1. The van der Waals surface area contributed by atoms with E-state index in [0.717, 1.165) is 19.3 Å². The Bertz CT molecular complexity index is 231. The molecule has 2 nitrogen and oxygen atoms in total. The molecule has 13 heavy (non-hydrogen) atoms. The highest BCUT2D eigenvalue weighted by atomic mass is 32.4. The molecule has 0 radical (unpaired) electrons. The minimum absolute atomic E-state index is 0.150. The second-order valence-electron chi connectivity index (χ2n) is 3.81. The Balaban J connectivity index is 2.40. The molecule has 1 aliphatic heterocycles. The zero-order valence-corrected chi connectivity index (χ0v) is 9.98. The van der Waals surface area contributed by atoms with Gasteiger partial charge in [-0.3, -0.25) is 0 Å². The molecule has 4 heteroatoms. The summed E-state index contributed by atoms with van der Waals surface area (Å²) in [6, 6.07) is 0. The van der Waals surface area contributed by atoms with Gasteiger partial charge in [0.2, 0.25) is 0 Å².